The lowest BCUT2D eigenvalue weighted by Gasteiger charge is -2.33. The third-order valence-corrected chi connectivity index (χ3v) is 7.95. The number of fused-ring (bicyclic) bond motifs is 5. The van der Waals surface area contributed by atoms with Crippen molar-refractivity contribution in [3.63, 3.8) is 0 Å². The monoisotopic (exact) mass is 434 g/mol. The highest BCUT2D eigenvalue weighted by Gasteiger charge is 2.39. The summed E-state index contributed by atoms with van der Waals surface area (Å²) in [4.78, 5) is 37.5. The SMILES string of the molecule is NC(=O)c1c(=O)c2cnc(N3CCC4(CCNCC4)C3)nc2n2c1sc1ccccc12. The van der Waals surface area contributed by atoms with Gasteiger partial charge in [-0.3, -0.25) is 14.0 Å². The summed E-state index contributed by atoms with van der Waals surface area (Å²) >= 11 is 1.38. The van der Waals surface area contributed by atoms with Gasteiger partial charge >= 0.3 is 0 Å². The van der Waals surface area contributed by atoms with Crippen LogP contribution in [-0.2, 0) is 0 Å². The zero-order chi connectivity index (χ0) is 21.2. The van der Waals surface area contributed by atoms with E-state index in [9.17, 15) is 9.59 Å². The summed E-state index contributed by atoms with van der Waals surface area (Å²) in [6, 6.07) is 7.81. The molecule has 3 N–H and O–H groups in total. The smallest absolute Gasteiger partial charge is 0.255 e. The van der Waals surface area contributed by atoms with Crippen molar-refractivity contribution in [2.45, 2.75) is 19.3 Å². The minimum atomic E-state index is -0.729. The highest BCUT2D eigenvalue weighted by Crippen LogP contribution is 2.40. The molecule has 1 spiro atoms. The second kappa shape index (κ2) is 6.73. The van der Waals surface area contributed by atoms with Crippen molar-refractivity contribution >= 4 is 49.3 Å². The van der Waals surface area contributed by atoms with Crippen molar-refractivity contribution in [2.24, 2.45) is 11.1 Å². The molecule has 0 radical (unpaired) electrons. The lowest BCUT2D eigenvalue weighted by atomic mass is 9.78. The molecular formula is C22H22N6O2S. The molecule has 2 saturated heterocycles. The minimum absolute atomic E-state index is 0.000110. The first-order valence-electron chi connectivity index (χ1n) is 10.5. The molecule has 9 heteroatoms. The Morgan fingerprint density at radius 1 is 1.19 bits per heavy atom. The minimum Gasteiger partial charge on any atom is -0.365 e. The average molecular weight is 435 g/mol. The van der Waals surface area contributed by atoms with Crippen LogP contribution in [0.1, 0.15) is 29.6 Å². The number of hydrogen-bond acceptors (Lipinski definition) is 7. The van der Waals surface area contributed by atoms with Crippen LogP contribution < -0.4 is 21.4 Å². The van der Waals surface area contributed by atoms with E-state index >= 15 is 0 Å². The van der Waals surface area contributed by atoms with Crippen molar-refractivity contribution in [3.8, 4) is 0 Å². The van der Waals surface area contributed by atoms with E-state index in [1.54, 1.807) is 6.20 Å². The van der Waals surface area contributed by atoms with Gasteiger partial charge in [0.25, 0.3) is 5.91 Å². The Hall–Kier alpha value is -3.04. The van der Waals surface area contributed by atoms with E-state index in [1.807, 2.05) is 28.7 Å². The molecule has 0 bridgehead atoms. The van der Waals surface area contributed by atoms with Crippen molar-refractivity contribution in [2.75, 3.05) is 31.1 Å². The van der Waals surface area contributed by atoms with Crippen LogP contribution >= 0.6 is 11.3 Å². The maximum atomic E-state index is 13.1. The lowest BCUT2D eigenvalue weighted by molar-refractivity contribution is 0.100. The van der Waals surface area contributed by atoms with Crippen molar-refractivity contribution in [3.05, 3.63) is 46.2 Å². The fourth-order valence-corrected chi connectivity index (χ4v) is 6.32. The number of anilines is 1. The second-order valence-electron chi connectivity index (χ2n) is 8.61. The first kappa shape index (κ1) is 18.7. The number of carbonyl (C=O) groups is 1. The van der Waals surface area contributed by atoms with Crippen molar-refractivity contribution < 1.29 is 4.79 Å². The predicted octanol–water partition coefficient (Wildman–Crippen LogP) is 2.14. The highest BCUT2D eigenvalue weighted by molar-refractivity contribution is 7.24. The van der Waals surface area contributed by atoms with Gasteiger partial charge in [0.15, 0.2) is 5.65 Å². The molecule has 1 aromatic carbocycles. The molecule has 0 atom stereocenters. The maximum absolute atomic E-state index is 13.1. The molecule has 5 heterocycles. The summed E-state index contributed by atoms with van der Waals surface area (Å²) in [6.07, 6.45) is 5.02. The number of hydrogen-bond donors (Lipinski definition) is 2. The summed E-state index contributed by atoms with van der Waals surface area (Å²) in [7, 11) is 0. The van der Waals surface area contributed by atoms with Gasteiger partial charge in [0, 0.05) is 19.3 Å². The molecule has 31 heavy (non-hydrogen) atoms. The molecular weight excluding hydrogens is 412 g/mol. The molecule has 0 aliphatic carbocycles. The number of rotatable bonds is 2. The number of nitrogens with zero attached hydrogens (tertiary/aromatic N) is 4. The molecule has 1 amide bonds. The Labute approximate surface area is 181 Å². The normalized spacial score (nSPS) is 18.5. The van der Waals surface area contributed by atoms with Crippen LogP contribution in [0.2, 0.25) is 0 Å². The van der Waals surface area contributed by atoms with Gasteiger partial charge < -0.3 is 16.0 Å². The van der Waals surface area contributed by atoms with Crippen LogP contribution in [0.5, 0.6) is 0 Å². The molecule has 0 unspecified atom stereocenters. The molecule has 6 rings (SSSR count). The summed E-state index contributed by atoms with van der Waals surface area (Å²) in [5.74, 6) is -0.0920. The fourth-order valence-electron chi connectivity index (χ4n) is 5.13. The number of primary amides is 1. The molecule has 3 aromatic heterocycles. The van der Waals surface area contributed by atoms with E-state index in [2.05, 4.69) is 15.2 Å². The molecule has 8 nitrogen and oxygen atoms in total. The number of benzene rings is 1. The Morgan fingerprint density at radius 3 is 2.81 bits per heavy atom. The Morgan fingerprint density at radius 2 is 2.00 bits per heavy atom. The third-order valence-electron chi connectivity index (χ3n) is 6.80. The number of piperidine rings is 1. The zero-order valence-corrected chi connectivity index (χ0v) is 17.7. The van der Waals surface area contributed by atoms with Crippen LogP contribution in [0.15, 0.2) is 35.3 Å². The van der Waals surface area contributed by atoms with Crippen molar-refractivity contribution in [1.29, 1.82) is 0 Å². The summed E-state index contributed by atoms with van der Waals surface area (Å²) < 4.78 is 2.85. The van der Waals surface area contributed by atoms with E-state index in [4.69, 9.17) is 10.7 Å². The molecule has 0 saturated carbocycles. The first-order chi connectivity index (χ1) is 15.1. The highest BCUT2D eigenvalue weighted by atomic mass is 32.1. The van der Waals surface area contributed by atoms with Gasteiger partial charge in [0.05, 0.1) is 15.6 Å². The van der Waals surface area contributed by atoms with Gasteiger partial charge in [-0.1, -0.05) is 12.1 Å². The molecule has 2 aliphatic rings. The second-order valence-corrected chi connectivity index (χ2v) is 9.64. The number of pyridine rings is 1. The van der Waals surface area contributed by atoms with Crippen LogP contribution in [0.3, 0.4) is 0 Å². The third kappa shape index (κ3) is 2.76. The van der Waals surface area contributed by atoms with Crippen LogP contribution in [0.4, 0.5) is 5.95 Å². The van der Waals surface area contributed by atoms with E-state index < -0.39 is 11.3 Å². The van der Waals surface area contributed by atoms with Gasteiger partial charge in [-0.05, 0) is 49.9 Å². The number of carbonyl (C=O) groups excluding carboxylic acids is 1. The van der Waals surface area contributed by atoms with Crippen LogP contribution in [0.25, 0.3) is 26.1 Å². The van der Waals surface area contributed by atoms with Crippen LogP contribution in [0, 0.1) is 5.41 Å². The zero-order valence-electron chi connectivity index (χ0n) is 16.9. The Balaban J connectivity index is 1.58. The van der Waals surface area contributed by atoms with E-state index in [0.29, 0.717) is 27.2 Å². The van der Waals surface area contributed by atoms with Crippen molar-refractivity contribution in [1.82, 2.24) is 19.7 Å². The Kier molecular flexibility index (Phi) is 4.06. The predicted molar refractivity (Wildman–Crippen MR) is 122 cm³/mol. The molecule has 4 aromatic rings. The molecule has 2 aliphatic heterocycles. The van der Waals surface area contributed by atoms with Gasteiger partial charge in [0.2, 0.25) is 11.4 Å². The quantitative estimate of drug-likeness (QED) is 0.501. The Bertz CT molecular complexity index is 1420. The van der Waals surface area contributed by atoms with Gasteiger partial charge in [-0.2, -0.15) is 4.98 Å². The van der Waals surface area contributed by atoms with Gasteiger partial charge in [-0.15, -0.1) is 11.3 Å². The fraction of sp³-hybridized carbons (Fsp3) is 0.364. The molecule has 2 fully saturated rings. The van der Waals surface area contributed by atoms with Gasteiger partial charge in [-0.25, -0.2) is 4.98 Å². The lowest BCUT2D eigenvalue weighted by Crippen LogP contribution is -2.39. The van der Waals surface area contributed by atoms with Crippen LogP contribution in [-0.4, -0.2) is 46.5 Å². The summed E-state index contributed by atoms with van der Waals surface area (Å²) in [6.45, 7) is 3.95. The number of amides is 1. The first-order valence-corrected chi connectivity index (χ1v) is 11.4. The number of nitrogens with one attached hydrogen (secondary N) is 1. The average Bonchev–Trinajstić information content (AvgIpc) is 3.35. The summed E-state index contributed by atoms with van der Waals surface area (Å²) in [5, 5.41) is 3.76. The summed E-state index contributed by atoms with van der Waals surface area (Å²) in [5.41, 5.74) is 6.94. The number of nitrogens with two attached hydrogens (primary N) is 1. The maximum Gasteiger partial charge on any atom is 0.255 e. The van der Waals surface area contributed by atoms with E-state index in [0.717, 1.165) is 55.7 Å². The topological polar surface area (TPSA) is 106 Å². The standard InChI is InChI=1S/C22H22N6O2S/c23-18(30)16-17(29)13-11-25-21(27-10-7-22(12-27)5-8-24-9-6-22)26-19(13)28-14-3-1-2-4-15(14)31-20(16)28/h1-4,11,24H,5-10,12H2,(H2,23,30). The number of thiazole rings is 1. The van der Waals surface area contributed by atoms with E-state index in [-0.39, 0.29) is 5.56 Å². The van der Waals surface area contributed by atoms with Gasteiger partial charge in [0.1, 0.15) is 10.4 Å². The molecule has 158 valence electrons. The number of para-hydroxylation sites is 1. The largest absolute Gasteiger partial charge is 0.365 e. The van der Waals surface area contributed by atoms with E-state index in [1.165, 1.54) is 11.3 Å². The number of aromatic nitrogens is 3.